The van der Waals surface area contributed by atoms with Crippen molar-refractivity contribution in [1.82, 2.24) is 19.7 Å². The van der Waals surface area contributed by atoms with Crippen molar-refractivity contribution in [2.45, 2.75) is 46.1 Å². The summed E-state index contributed by atoms with van der Waals surface area (Å²) in [6.07, 6.45) is 6.34. The number of rotatable bonds is 10. The highest BCUT2D eigenvalue weighted by Crippen LogP contribution is 2.30. The van der Waals surface area contributed by atoms with Crippen molar-refractivity contribution in [3.63, 3.8) is 0 Å². The fraction of sp³-hybridized carbons (Fsp3) is 0.484. The lowest BCUT2D eigenvalue weighted by Gasteiger charge is -2.33. The van der Waals surface area contributed by atoms with Crippen LogP contribution in [0.15, 0.2) is 54.2 Å². The summed E-state index contributed by atoms with van der Waals surface area (Å²) in [5.41, 5.74) is 15.0. The number of halogens is 2. The molecule has 0 amide bonds. The van der Waals surface area contributed by atoms with Crippen molar-refractivity contribution in [3.8, 4) is 17.1 Å². The molecule has 0 bridgehead atoms. The molecule has 0 spiro atoms. The molecule has 2 aromatic rings. The zero-order valence-electron chi connectivity index (χ0n) is 24.9. The van der Waals surface area contributed by atoms with E-state index in [9.17, 15) is 4.79 Å². The van der Waals surface area contributed by atoms with Crippen LogP contribution in [0, 0.1) is 5.92 Å². The molecule has 3 heterocycles. The molecule has 0 radical (unpaired) electrons. The van der Waals surface area contributed by atoms with Crippen LogP contribution >= 0.6 is 23.2 Å². The number of piperidine rings is 1. The van der Waals surface area contributed by atoms with Crippen LogP contribution < -0.4 is 16.2 Å². The lowest BCUT2D eigenvalue weighted by atomic mass is 9.92. The van der Waals surface area contributed by atoms with E-state index in [4.69, 9.17) is 49.5 Å². The van der Waals surface area contributed by atoms with E-state index in [0.717, 1.165) is 69.7 Å². The maximum Gasteiger partial charge on any atom is 0.303 e. The Bertz CT molecular complexity index is 1220. The smallest absolute Gasteiger partial charge is 0.303 e. The molecule has 9 nitrogen and oxygen atoms in total. The predicted octanol–water partition coefficient (Wildman–Crippen LogP) is 5.38. The first-order valence-electron chi connectivity index (χ1n) is 14.6. The number of hydrogen-bond acceptors (Lipinski definition) is 8. The van der Waals surface area contributed by atoms with Crippen molar-refractivity contribution in [3.05, 3.63) is 69.8 Å². The van der Waals surface area contributed by atoms with Gasteiger partial charge in [0, 0.05) is 66.9 Å². The number of aromatic nitrogens is 1. The Hall–Kier alpha value is -2.98. The predicted molar refractivity (Wildman–Crippen MR) is 170 cm³/mol. The molecule has 1 aromatic heterocycles. The van der Waals surface area contributed by atoms with Crippen LogP contribution in [-0.2, 0) is 11.3 Å². The zero-order chi connectivity index (χ0) is 30.6. The van der Waals surface area contributed by atoms with Gasteiger partial charge in [-0.15, -0.1) is 0 Å². The van der Waals surface area contributed by atoms with Gasteiger partial charge < -0.3 is 31.1 Å². The summed E-state index contributed by atoms with van der Waals surface area (Å²) in [5, 5.41) is 10.0. The van der Waals surface area contributed by atoms with Crippen LogP contribution in [0.3, 0.4) is 0 Å². The first-order valence-corrected chi connectivity index (χ1v) is 15.4. The van der Waals surface area contributed by atoms with Gasteiger partial charge in [0.1, 0.15) is 0 Å². The van der Waals surface area contributed by atoms with Crippen molar-refractivity contribution < 1.29 is 14.6 Å². The number of allylic oxidation sites excluding steroid dienone is 2. The number of piperazine rings is 1. The standard InChI is InChI=1S/C29H38Cl2N6O3.C2H6/c1-35-10-12-37(13-11-35)26(32)3-4-27(33)40-28-15-21(14-25(34-28)22-16-23(30)18-24(31)17-22)19-36-8-6-20(7-9-36)2-5-29(38)39;1-2/h3-4,14-18,20H,2,5-13,19,32-33H2,1H3,(H,38,39);1-2H3/b26-3+,27-4+;. The Morgan fingerprint density at radius 3 is 2.26 bits per heavy atom. The molecule has 2 aliphatic rings. The minimum Gasteiger partial charge on any atom is -0.481 e. The Balaban J connectivity index is 0.00000237. The van der Waals surface area contributed by atoms with Crippen LogP contribution in [-0.4, -0.2) is 77.1 Å². The maximum absolute atomic E-state index is 10.9. The number of aliphatic carboxylic acids is 1. The highest BCUT2D eigenvalue weighted by molar-refractivity contribution is 6.35. The van der Waals surface area contributed by atoms with Crippen LogP contribution in [0.1, 0.15) is 45.1 Å². The van der Waals surface area contributed by atoms with Gasteiger partial charge in [0.15, 0.2) is 5.88 Å². The number of benzene rings is 1. The van der Waals surface area contributed by atoms with E-state index in [1.54, 1.807) is 18.2 Å². The summed E-state index contributed by atoms with van der Waals surface area (Å²) < 4.78 is 5.95. The van der Waals surface area contributed by atoms with E-state index in [-0.39, 0.29) is 12.3 Å². The second-order valence-corrected chi connectivity index (χ2v) is 11.4. The number of carboxylic acid groups (broad SMARTS) is 1. The molecule has 2 aliphatic heterocycles. The molecule has 230 valence electrons. The van der Waals surface area contributed by atoms with Crippen LogP contribution in [0.2, 0.25) is 10.0 Å². The van der Waals surface area contributed by atoms with Crippen LogP contribution in [0.25, 0.3) is 11.3 Å². The number of carboxylic acids is 1. The molecule has 2 saturated heterocycles. The number of pyridine rings is 1. The lowest BCUT2D eigenvalue weighted by Crippen LogP contribution is -2.45. The summed E-state index contributed by atoms with van der Waals surface area (Å²) in [6.45, 7) is 10.1. The molecule has 0 aliphatic carbocycles. The fourth-order valence-electron chi connectivity index (χ4n) is 5.06. The van der Waals surface area contributed by atoms with E-state index in [1.165, 1.54) is 0 Å². The van der Waals surface area contributed by atoms with E-state index < -0.39 is 5.97 Å². The Kier molecular flexibility index (Phi) is 13.3. The molecule has 0 unspecified atom stereocenters. The molecule has 5 N–H and O–H groups in total. The number of carbonyl (C=O) groups is 1. The molecule has 11 heteroatoms. The third-order valence-electron chi connectivity index (χ3n) is 7.41. The SMILES string of the molecule is CC.CN1CCN(/C(N)=C/C=C(\N)Oc2cc(CN3CCC(CCC(=O)O)CC3)cc(-c3cc(Cl)cc(Cl)c3)n2)CC1. The molecular formula is C31H44Cl2N6O3. The van der Waals surface area contributed by atoms with Gasteiger partial charge >= 0.3 is 5.97 Å². The van der Waals surface area contributed by atoms with E-state index in [1.807, 2.05) is 38.1 Å². The fourth-order valence-corrected chi connectivity index (χ4v) is 5.59. The van der Waals surface area contributed by atoms with E-state index >= 15 is 0 Å². The van der Waals surface area contributed by atoms with E-state index in [0.29, 0.717) is 39.9 Å². The summed E-state index contributed by atoms with van der Waals surface area (Å²) in [6, 6.07) is 9.21. The lowest BCUT2D eigenvalue weighted by molar-refractivity contribution is -0.137. The molecule has 0 atom stereocenters. The second kappa shape index (κ2) is 16.6. The summed E-state index contributed by atoms with van der Waals surface area (Å²) in [4.78, 5) is 22.4. The third-order valence-corrected chi connectivity index (χ3v) is 7.85. The van der Waals surface area contributed by atoms with Gasteiger partial charge in [0.2, 0.25) is 5.88 Å². The Labute approximate surface area is 259 Å². The minimum absolute atomic E-state index is 0.177. The van der Waals surface area contributed by atoms with Gasteiger partial charge in [-0.1, -0.05) is 37.0 Å². The second-order valence-electron chi connectivity index (χ2n) is 10.6. The number of likely N-dealkylation sites (N-methyl/N-ethyl adjacent to an activating group) is 1. The van der Waals surface area contributed by atoms with Crippen LogP contribution in [0.5, 0.6) is 5.88 Å². The molecule has 42 heavy (non-hydrogen) atoms. The number of nitrogens with two attached hydrogens (primary N) is 2. The number of nitrogens with zero attached hydrogens (tertiary/aromatic N) is 4. The number of likely N-dealkylation sites (tertiary alicyclic amines) is 1. The molecule has 4 rings (SSSR count). The number of hydrogen-bond donors (Lipinski definition) is 3. The Morgan fingerprint density at radius 1 is 1.00 bits per heavy atom. The zero-order valence-corrected chi connectivity index (χ0v) is 26.4. The maximum atomic E-state index is 10.9. The highest BCUT2D eigenvalue weighted by atomic mass is 35.5. The van der Waals surface area contributed by atoms with Gasteiger partial charge in [-0.05, 0) is 81.2 Å². The summed E-state index contributed by atoms with van der Waals surface area (Å²) in [5.74, 6) is 0.897. The van der Waals surface area contributed by atoms with E-state index in [2.05, 4.69) is 21.7 Å². The summed E-state index contributed by atoms with van der Waals surface area (Å²) >= 11 is 12.6. The van der Waals surface area contributed by atoms with Crippen LogP contribution in [0.4, 0.5) is 0 Å². The average molecular weight is 620 g/mol. The first kappa shape index (κ1) is 33.5. The van der Waals surface area contributed by atoms with Crippen molar-refractivity contribution in [1.29, 1.82) is 0 Å². The highest BCUT2D eigenvalue weighted by Gasteiger charge is 2.21. The van der Waals surface area contributed by atoms with Crippen molar-refractivity contribution in [2.24, 2.45) is 17.4 Å². The van der Waals surface area contributed by atoms with Crippen molar-refractivity contribution >= 4 is 29.2 Å². The molecular weight excluding hydrogens is 575 g/mol. The largest absolute Gasteiger partial charge is 0.481 e. The van der Waals surface area contributed by atoms with Crippen molar-refractivity contribution in [2.75, 3.05) is 46.3 Å². The normalized spacial score (nSPS) is 17.5. The minimum atomic E-state index is -0.730. The molecule has 0 saturated carbocycles. The molecule has 2 fully saturated rings. The Morgan fingerprint density at radius 2 is 1.64 bits per heavy atom. The van der Waals surface area contributed by atoms with Gasteiger partial charge in [0.25, 0.3) is 0 Å². The van der Waals surface area contributed by atoms with Gasteiger partial charge in [0.05, 0.1) is 11.5 Å². The summed E-state index contributed by atoms with van der Waals surface area (Å²) in [7, 11) is 2.10. The average Bonchev–Trinajstić information content (AvgIpc) is 2.96. The van der Waals surface area contributed by atoms with Gasteiger partial charge in [-0.25, -0.2) is 4.98 Å². The van der Waals surface area contributed by atoms with Gasteiger partial charge in [-0.3, -0.25) is 9.69 Å². The first-order chi connectivity index (χ1) is 20.1. The molecule has 1 aromatic carbocycles. The van der Waals surface area contributed by atoms with Gasteiger partial charge in [-0.2, -0.15) is 0 Å². The topological polar surface area (TPSA) is 121 Å². The monoisotopic (exact) mass is 618 g/mol. The number of ether oxygens (including phenoxy) is 1. The quantitative estimate of drug-likeness (QED) is 0.238. The third kappa shape index (κ3) is 10.7.